The van der Waals surface area contributed by atoms with Crippen molar-refractivity contribution in [2.24, 2.45) is 0 Å². The predicted octanol–water partition coefficient (Wildman–Crippen LogP) is 0.901. The second kappa shape index (κ2) is 7.78. The third-order valence-electron chi connectivity index (χ3n) is 4.75. The van der Waals surface area contributed by atoms with Crippen LogP contribution in [0.1, 0.15) is 24.8 Å². The highest BCUT2D eigenvalue weighted by Crippen LogP contribution is 2.21. The molecule has 8 heteroatoms. The van der Waals surface area contributed by atoms with Crippen LogP contribution in [-0.4, -0.2) is 53.7 Å². The quantitative estimate of drug-likeness (QED) is 0.787. The molecule has 0 atom stereocenters. The van der Waals surface area contributed by atoms with Crippen molar-refractivity contribution >= 4 is 23.4 Å². The molecule has 0 aliphatic carbocycles. The third kappa shape index (κ3) is 3.79. The number of ether oxygens (including phenoxy) is 1. The minimum absolute atomic E-state index is 0.259. The van der Waals surface area contributed by atoms with Gasteiger partial charge in [-0.3, -0.25) is 19.4 Å². The van der Waals surface area contributed by atoms with Gasteiger partial charge in [0, 0.05) is 19.2 Å². The van der Waals surface area contributed by atoms with Crippen LogP contribution < -0.4 is 15.5 Å². The number of urea groups is 1. The van der Waals surface area contributed by atoms with Crippen molar-refractivity contribution in [3.8, 4) is 11.8 Å². The molecule has 4 heterocycles. The molecule has 2 aliphatic rings. The minimum atomic E-state index is -0.431. The van der Waals surface area contributed by atoms with Crippen LogP contribution in [0.2, 0.25) is 0 Å². The van der Waals surface area contributed by atoms with Gasteiger partial charge in [-0.15, -0.1) is 0 Å². The molecule has 0 unspecified atom stereocenters. The van der Waals surface area contributed by atoms with Gasteiger partial charge >= 0.3 is 6.03 Å². The Labute approximate surface area is 156 Å². The molecule has 4 rings (SSSR count). The van der Waals surface area contributed by atoms with Gasteiger partial charge in [-0.1, -0.05) is 11.8 Å². The van der Waals surface area contributed by atoms with Crippen LogP contribution in [0.25, 0.3) is 5.65 Å². The second-order valence-electron chi connectivity index (χ2n) is 6.55. The molecule has 8 nitrogen and oxygen atoms in total. The molecule has 140 valence electrons. The number of hydrogen-bond donors (Lipinski definition) is 2. The average molecular weight is 367 g/mol. The number of piperidine rings is 1. The number of hydrogen-bond acceptors (Lipinski definition) is 5. The summed E-state index contributed by atoms with van der Waals surface area (Å²) < 4.78 is 7.62. The first kappa shape index (κ1) is 17.5. The number of carbonyl (C=O) groups excluding carboxylic acids is 2. The summed E-state index contributed by atoms with van der Waals surface area (Å²) in [5.41, 5.74) is 1.44. The largest absolute Gasteiger partial charge is 0.365 e. The van der Waals surface area contributed by atoms with E-state index in [0.29, 0.717) is 24.6 Å². The van der Waals surface area contributed by atoms with E-state index in [0.717, 1.165) is 31.5 Å². The van der Waals surface area contributed by atoms with E-state index in [1.165, 1.54) is 4.90 Å². The third-order valence-corrected chi connectivity index (χ3v) is 4.75. The van der Waals surface area contributed by atoms with Crippen LogP contribution in [-0.2, 0) is 9.53 Å². The van der Waals surface area contributed by atoms with E-state index in [2.05, 4.69) is 27.5 Å². The van der Waals surface area contributed by atoms with Crippen molar-refractivity contribution in [3.05, 3.63) is 30.1 Å². The summed E-state index contributed by atoms with van der Waals surface area (Å²) in [7, 11) is 0. The number of fused-ring (bicyclic) bond motifs is 1. The molecule has 3 amide bonds. The smallest absolute Gasteiger partial charge is 0.329 e. The van der Waals surface area contributed by atoms with E-state index in [9.17, 15) is 9.59 Å². The molecule has 2 N–H and O–H groups in total. The number of nitrogens with one attached hydrogen (secondary N) is 2. The Hall–Kier alpha value is -2.89. The predicted molar refractivity (Wildman–Crippen MR) is 99.4 cm³/mol. The number of aromatic nitrogens is 2. The first-order chi connectivity index (χ1) is 13.2. The Balaban J connectivity index is 1.50. The van der Waals surface area contributed by atoms with Crippen molar-refractivity contribution in [1.29, 1.82) is 0 Å². The van der Waals surface area contributed by atoms with E-state index < -0.39 is 6.03 Å². The highest BCUT2D eigenvalue weighted by atomic mass is 16.5. The lowest BCUT2D eigenvalue weighted by Crippen LogP contribution is -2.50. The number of rotatable bonds is 3. The Morgan fingerprint density at radius 1 is 1.30 bits per heavy atom. The van der Waals surface area contributed by atoms with Gasteiger partial charge < -0.3 is 10.1 Å². The van der Waals surface area contributed by atoms with Crippen LogP contribution in [0.3, 0.4) is 0 Å². The van der Waals surface area contributed by atoms with Crippen molar-refractivity contribution in [2.75, 3.05) is 31.1 Å². The van der Waals surface area contributed by atoms with Crippen LogP contribution in [0.5, 0.6) is 0 Å². The monoisotopic (exact) mass is 367 g/mol. The van der Waals surface area contributed by atoms with Gasteiger partial charge in [0.2, 0.25) is 5.91 Å². The van der Waals surface area contributed by atoms with Gasteiger partial charge in [0.05, 0.1) is 17.9 Å². The highest BCUT2D eigenvalue weighted by molar-refractivity contribution is 6.05. The molecular weight excluding hydrogens is 346 g/mol. The standard InChI is InChI=1S/C19H21N5O3/c25-16-7-11-24(19(26)22-16)17-13-21-18-14(3-1-10-23(17)18)4-2-12-27-15-5-8-20-9-6-15/h1,3,10,13,15,20H,5-9,11-12H2,(H,22,25,26). The highest BCUT2D eigenvalue weighted by Gasteiger charge is 2.26. The van der Waals surface area contributed by atoms with Crippen molar-refractivity contribution in [3.63, 3.8) is 0 Å². The normalized spacial score (nSPS) is 18.3. The Morgan fingerprint density at radius 3 is 2.96 bits per heavy atom. The maximum Gasteiger partial charge on any atom is 0.329 e. The lowest BCUT2D eigenvalue weighted by atomic mass is 10.1. The average Bonchev–Trinajstić information content (AvgIpc) is 3.11. The Bertz CT molecular complexity index is 920. The fraction of sp³-hybridized carbons (Fsp3) is 0.421. The molecule has 2 aromatic heterocycles. The van der Waals surface area contributed by atoms with Crippen LogP contribution in [0, 0.1) is 11.8 Å². The van der Waals surface area contributed by atoms with E-state index in [-0.39, 0.29) is 18.4 Å². The van der Waals surface area contributed by atoms with Crippen molar-refractivity contribution in [2.45, 2.75) is 25.4 Å². The second-order valence-corrected chi connectivity index (χ2v) is 6.55. The number of amides is 3. The van der Waals surface area contributed by atoms with E-state index in [1.807, 2.05) is 22.7 Å². The Kier molecular flexibility index (Phi) is 5.05. The van der Waals surface area contributed by atoms with Gasteiger partial charge in [0.25, 0.3) is 0 Å². The van der Waals surface area contributed by atoms with Gasteiger partial charge in [-0.2, -0.15) is 0 Å². The molecule has 2 saturated heterocycles. The molecule has 0 radical (unpaired) electrons. The fourth-order valence-electron chi connectivity index (χ4n) is 3.33. The van der Waals surface area contributed by atoms with Crippen molar-refractivity contribution < 1.29 is 14.3 Å². The van der Waals surface area contributed by atoms with Gasteiger partial charge in [-0.25, -0.2) is 9.78 Å². The van der Waals surface area contributed by atoms with Gasteiger partial charge in [0.15, 0.2) is 5.65 Å². The summed E-state index contributed by atoms with van der Waals surface area (Å²) in [4.78, 5) is 29.4. The number of carbonyl (C=O) groups is 2. The first-order valence-electron chi connectivity index (χ1n) is 9.11. The topological polar surface area (TPSA) is 88.0 Å². The van der Waals surface area contributed by atoms with Crippen LogP contribution in [0.15, 0.2) is 24.5 Å². The van der Waals surface area contributed by atoms with Gasteiger partial charge in [0.1, 0.15) is 12.4 Å². The maximum atomic E-state index is 12.1. The molecule has 2 aliphatic heterocycles. The lowest BCUT2D eigenvalue weighted by Gasteiger charge is -2.25. The van der Waals surface area contributed by atoms with E-state index in [4.69, 9.17) is 4.74 Å². The molecule has 27 heavy (non-hydrogen) atoms. The van der Waals surface area contributed by atoms with E-state index in [1.54, 1.807) is 6.20 Å². The summed E-state index contributed by atoms with van der Waals surface area (Å²) in [5.74, 6) is 6.53. The molecular formula is C19H21N5O3. The zero-order chi connectivity index (χ0) is 18.6. The van der Waals surface area contributed by atoms with Gasteiger partial charge in [-0.05, 0) is 38.1 Å². The summed E-state index contributed by atoms with van der Waals surface area (Å²) >= 11 is 0. The molecule has 0 aromatic carbocycles. The molecule has 0 bridgehead atoms. The molecule has 2 fully saturated rings. The van der Waals surface area contributed by atoms with Crippen LogP contribution in [0.4, 0.5) is 10.6 Å². The van der Waals surface area contributed by atoms with Crippen molar-refractivity contribution in [1.82, 2.24) is 20.0 Å². The molecule has 0 spiro atoms. The SMILES string of the molecule is O=C1CCN(c2cnc3c(C#CCOC4CCNCC4)cccn23)C(=O)N1. The first-order valence-corrected chi connectivity index (χ1v) is 9.11. The van der Waals surface area contributed by atoms with Crippen LogP contribution >= 0.6 is 0 Å². The number of imidazole rings is 1. The molecule has 2 aromatic rings. The minimum Gasteiger partial charge on any atom is -0.365 e. The number of nitrogens with zero attached hydrogens (tertiary/aromatic N) is 3. The fourth-order valence-corrected chi connectivity index (χ4v) is 3.33. The Morgan fingerprint density at radius 2 is 2.15 bits per heavy atom. The summed E-state index contributed by atoms with van der Waals surface area (Å²) in [5, 5.41) is 5.64. The van der Waals surface area contributed by atoms with E-state index >= 15 is 0 Å². The number of anilines is 1. The zero-order valence-corrected chi connectivity index (χ0v) is 14.9. The summed E-state index contributed by atoms with van der Waals surface area (Å²) in [6, 6.07) is 3.33. The summed E-state index contributed by atoms with van der Waals surface area (Å²) in [6.45, 7) is 2.70. The number of pyridine rings is 1. The maximum absolute atomic E-state index is 12.1. The zero-order valence-electron chi connectivity index (χ0n) is 14.9. The number of imide groups is 1. The lowest BCUT2D eigenvalue weighted by molar-refractivity contribution is -0.120. The molecule has 0 saturated carbocycles. The summed E-state index contributed by atoms with van der Waals surface area (Å²) in [6.07, 6.45) is 6.03.